The first kappa shape index (κ1) is 16.8. The zero-order chi connectivity index (χ0) is 12.4. The van der Waals surface area contributed by atoms with E-state index in [0.29, 0.717) is 18.2 Å². The van der Waals surface area contributed by atoms with Crippen LogP contribution in [0.4, 0.5) is 0 Å². The van der Waals surface area contributed by atoms with E-state index in [1.807, 2.05) is 12.1 Å². The maximum atomic E-state index is 10.5. The molecule has 1 unspecified atom stereocenters. The van der Waals surface area contributed by atoms with Crippen molar-refractivity contribution in [3.8, 4) is 0 Å². The first-order valence-corrected chi connectivity index (χ1v) is 4.63. The Labute approximate surface area is 96.1 Å². The fourth-order valence-corrected chi connectivity index (χ4v) is 1.12. The number of hydrogen-bond acceptors (Lipinski definition) is 3. The van der Waals surface area contributed by atoms with Gasteiger partial charge in [0.15, 0.2) is 0 Å². The van der Waals surface area contributed by atoms with E-state index in [-0.39, 0.29) is 0 Å². The van der Waals surface area contributed by atoms with Crippen LogP contribution in [0.25, 0.3) is 0 Å². The van der Waals surface area contributed by atoms with Gasteiger partial charge in [0, 0.05) is 7.11 Å². The van der Waals surface area contributed by atoms with Gasteiger partial charge >= 0.3 is 0 Å². The van der Waals surface area contributed by atoms with Crippen molar-refractivity contribution in [2.45, 2.75) is 12.5 Å². The molecule has 96 valence electrons. The van der Waals surface area contributed by atoms with E-state index in [0.717, 1.165) is 12.7 Å². The van der Waals surface area contributed by atoms with Gasteiger partial charge in [-0.1, -0.05) is 29.7 Å². The van der Waals surface area contributed by atoms with Gasteiger partial charge in [-0.3, -0.25) is 0 Å². The Morgan fingerprint density at radius 2 is 1.94 bits per heavy atom. The van der Waals surface area contributed by atoms with Crippen LogP contribution in [0.3, 0.4) is 0 Å². The van der Waals surface area contributed by atoms with E-state index >= 15 is 0 Å². The third kappa shape index (κ3) is 6.46. The molecule has 0 aromatic heterocycles. The average molecular weight is 475 g/mol. The molecule has 1 atom stereocenters. The first-order valence-electron chi connectivity index (χ1n) is 4.63. The Balaban J connectivity index is 0. The van der Waals surface area contributed by atoms with Crippen LogP contribution in [-0.2, 0) is 16.0 Å². The molecular formula is C11H13BFmNO3-. The number of benzene rings is 1. The Morgan fingerprint density at radius 1 is 1.41 bits per heavy atom. The van der Waals surface area contributed by atoms with Crippen molar-refractivity contribution in [1.29, 1.82) is 0 Å². The molecule has 0 saturated heterocycles. The van der Waals surface area contributed by atoms with Crippen LogP contribution >= 0.6 is 0 Å². The van der Waals surface area contributed by atoms with Crippen LogP contribution in [0.1, 0.15) is 5.56 Å². The third-order valence-corrected chi connectivity index (χ3v) is 1.84. The zero-order valence-corrected chi connectivity index (χ0v) is 11.7. The van der Waals surface area contributed by atoms with E-state index in [2.05, 4.69) is 5.32 Å². The van der Waals surface area contributed by atoms with Crippen molar-refractivity contribution in [1.82, 2.24) is 5.32 Å². The molecule has 2 radical (unpaired) electrons. The summed E-state index contributed by atoms with van der Waals surface area (Å²) < 4.78 is 0. The second-order valence-corrected chi connectivity index (χ2v) is 2.93. The number of hydrogen-bond donors (Lipinski definition) is 2. The molecule has 0 heterocycles. The maximum absolute atomic E-state index is 10.5. The fourth-order valence-electron chi connectivity index (χ4n) is 1.12. The maximum Gasteiger partial charge on any atom is 0.139 e. The third-order valence-electron chi connectivity index (χ3n) is 1.84. The molecule has 2 N–H and O–H groups in total. The van der Waals surface area contributed by atoms with Crippen molar-refractivity contribution in [2.24, 2.45) is 0 Å². The smallest absolute Gasteiger partial charge is 0.139 e. The molecule has 6 heteroatoms. The van der Waals surface area contributed by atoms with Gasteiger partial charge in [0.1, 0.15) is 14.1 Å². The van der Waals surface area contributed by atoms with Crippen molar-refractivity contribution < 1.29 is 14.7 Å². The molecule has 0 aliphatic heterocycles. The Bertz CT molecular complexity index is 319. The second-order valence-electron chi connectivity index (χ2n) is 2.93. The molecule has 1 aromatic carbocycles. The predicted octanol–water partition coefficient (Wildman–Crippen LogP) is -1.14. The van der Waals surface area contributed by atoms with Crippen LogP contribution in [0.2, 0.25) is 0 Å². The van der Waals surface area contributed by atoms with Gasteiger partial charge < -0.3 is 20.0 Å². The molecular weight excluding hydrogens is 462 g/mol. The first-order chi connectivity index (χ1) is 7.76. The van der Waals surface area contributed by atoms with E-state index in [1.54, 1.807) is 12.1 Å². The quantitative estimate of drug-likeness (QED) is 0.245. The molecule has 0 spiro atoms. The molecule has 1 rings (SSSR count). The summed E-state index contributed by atoms with van der Waals surface area (Å²) in [6.45, 7) is 0. The molecule has 0 aliphatic carbocycles. The second kappa shape index (κ2) is 9.92. The number of amides is 1. The van der Waals surface area contributed by atoms with Gasteiger partial charge in [0.2, 0.25) is 0 Å². The predicted molar refractivity (Wildman–Crippen MR) is 62.4 cm³/mol. The van der Waals surface area contributed by atoms with Gasteiger partial charge in [-0.15, -0.1) is 0 Å². The number of rotatable bonds is 5. The number of carbonyl (C=O) groups is 1. The van der Waals surface area contributed by atoms with E-state index < -0.39 is 6.04 Å². The number of aliphatic hydroxyl groups excluding tert-OH is 1. The van der Waals surface area contributed by atoms with Crippen LogP contribution < -0.4 is 10.8 Å². The molecule has 0 aliphatic rings. The average Bonchev–Trinajstić information content (AvgIpc) is 2.34. The fraction of sp³-hybridized carbons (Fsp3) is 0.273. The van der Waals surface area contributed by atoms with Crippen molar-refractivity contribution >= 4 is 26.0 Å². The number of nitrogens with one attached hydrogen (secondary N) is 1. The Hall–Kier alpha value is -2.62. The van der Waals surface area contributed by atoms with Crippen LogP contribution in [0.5, 0.6) is 0 Å². The monoisotopic (exact) mass is 475 g/mol. The summed E-state index contributed by atoms with van der Waals surface area (Å²) in [6, 6.07) is 6.62. The summed E-state index contributed by atoms with van der Waals surface area (Å²) >= 11 is 0. The zero-order valence-electron chi connectivity index (χ0n) is 9.30. The topological polar surface area (TPSA) is 66.4 Å². The molecule has 1 amide bonds. The summed E-state index contributed by atoms with van der Waals surface area (Å²) in [5, 5.41) is 9.29. The summed E-state index contributed by atoms with van der Waals surface area (Å²) in [5.41, 5.74) is 1.62. The summed E-state index contributed by atoms with van der Waals surface area (Å²) in [5.74, 6) is 0. The van der Waals surface area contributed by atoms with Crippen molar-refractivity contribution in [3.05, 3.63) is 29.8 Å². The molecule has 0 fully saturated rings. The molecule has 0 bridgehead atoms. The Kier molecular flexibility index (Phi) is 9.81. The molecule has 17 heavy (non-hydrogen) atoms. The minimum atomic E-state index is -0.517. The van der Waals surface area contributed by atoms with Gasteiger partial charge in [-0.05, 0) is 12.0 Å². The largest absolute Gasteiger partial charge is 0.521 e. The number of carbonyl (C=O) groups excluding carboxylic acids is 2. The van der Waals surface area contributed by atoms with Gasteiger partial charge in [-0.2, -0.15) is 6.41 Å². The summed E-state index contributed by atoms with van der Waals surface area (Å²) in [6.07, 6.45) is 2.63. The normalized spacial score (nSPS) is 10.0. The Morgan fingerprint density at radius 3 is 2.35 bits per heavy atom. The standard InChI is InChI=1S/C10H9BNO2.CH4O.Fm/c11-9-3-1-8(2-4-9)5-10(6-13)12-7-14;1-2;/h1-4,6,10H,5H2,(H,12,14);2H,1H3;/q-1;;. The minimum Gasteiger partial charge on any atom is -0.521 e. The van der Waals surface area contributed by atoms with Gasteiger partial charge in [-0.25, -0.2) is 0 Å². The van der Waals surface area contributed by atoms with Crippen LogP contribution in [-0.4, -0.2) is 38.8 Å². The van der Waals surface area contributed by atoms with Crippen molar-refractivity contribution in [2.75, 3.05) is 7.11 Å². The van der Waals surface area contributed by atoms with Crippen LogP contribution in [0.15, 0.2) is 24.3 Å². The molecule has 0 saturated carbocycles. The summed E-state index contributed by atoms with van der Waals surface area (Å²) in [4.78, 5) is 20.5. The molecule has 1 aromatic rings. The SMILES string of the molecule is CO.[B]c1ccc(CC(C=O)N[C-]=O)cc1.[Fm]. The van der Waals surface area contributed by atoms with Gasteiger partial charge in [0.25, 0.3) is 0 Å². The number of aldehydes is 1. The van der Waals surface area contributed by atoms with Gasteiger partial charge in [0.05, 0.1) is 6.04 Å². The van der Waals surface area contributed by atoms with Crippen LogP contribution in [0, 0.1) is 0 Å². The van der Waals surface area contributed by atoms with E-state index in [4.69, 9.17) is 13.0 Å². The number of aliphatic hydroxyl groups is 1. The minimum absolute atomic E-state index is 0. The van der Waals surface area contributed by atoms with E-state index in [1.165, 1.54) is 6.41 Å². The van der Waals surface area contributed by atoms with E-state index in [9.17, 15) is 9.59 Å². The summed E-state index contributed by atoms with van der Waals surface area (Å²) in [7, 11) is 6.50. The van der Waals surface area contributed by atoms with Crippen molar-refractivity contribution in [3.63, 3.8) is 0 Å². The molecule has 4 nitrogen and oxygen atoms in total.